The summed E-state index contributed by atoms with van der Waals surface area (Å²) in [6.07, 6.45) is 1.71. The van der Waals surface area contributed by atoms with E-state index in [0.29, 0.717) is 4.91 Å². The third kappa shape index (κ3) is 3.72. The molecule has 1 amide bonds. The molecule has 1 aliphatic rings. The van der Waals surface area contributed by atoms with E-state index in [1.165, 1.54) is 12.1 Å². The van der Waals surface area contributed by atoms with Gasteiger partial charge in [0.25, 0.3) is 15.9 Å². The molecule has 0 aliphatic carbocycles. The zero-order valence-corrected chi connectivity index (χ0v) is 16.9. The van der Waals surface area contributed by atoms with Gasteiger partial charge in [0.2, 0.25) is 0 Å². The Morgan fingerprint density at radius 3 is 2.36 bits per heavy atom. The van der Waals surface area contributed by atoms with Crippen LogP contribution in [0, 0.1) is 0 Å². The molecule has 28 heavy (non-hydrogen) atoms. The standard InChI is InChI=1S/C20H14N2O3S3/c23-19-18(13-14-10-11-15-6-4-5-7-16(15)12-14)27-20(26)22(19)21-28(24,25)17-8-2-1-3-9-17/h1-13,21H. The number of carbonyl (C=O) groups is 1. The van der Waals surface area contributed by atoms with Crippen molar-refractivity contribution in [1.82, 2.24) is 9.84 Å². The minimum Gasteiger partial charge on any atom is -0.267 e. The number of fused-ring (bicyclic) bond motifs is 1. The molecule has 0 atom stereocenters. The van der Waals surface area contributed by atoms with Gasteiger partial charge in [-0.1, -0.05) is 78.6 Å². The predicted molar refractivity (Wildman–Crippen MR) is 116 cm³/mol. The number of hydrogen-bond acceptors (Lipinski definition) is 5. The summed E-state index contributed by atoms with van der Waals surface area (Å²) in [5.41, 5.74) is 0.838. The average molecular weight is 427 g/mol. The molecule has 0 aromatic heterocycles. The molecule has 4 rings (SSSR count). The van der Waals surface area contributed by atoms with Crippen LogP contribution in [0.4, 0.5) is 0 Å². The topological polar surface area (TPSA) is 66.5 Å². The number of sulfonamides is 1. The maximum absolute atomic E-state index is 12.7. The second-order valence-electron chi connectivity index (χ2n) is 6.03. The number of carbonyl (C=O) groups excluding carboxylic acids is 1. The first-order chi connectivity index (χ1) is 13.4. The lowest BCUT2D eigenvalue weighted by atomic mass is 10.1. The van der Waals surface area contributed by atoms with Gasteiger partial charge in [-0.3, -0.25) is 4.79 Å². The van der Waals surface area contributed by atoms with E-state index in [0.717, 1.165) is 33.1 Å². The van der Waals surface area contributed by atoms with Crippen molar-refractivity contribution in [1.29, 1.82) is 0 Å². The van der Waals surface area contributed by atoms with Gasteiger partial charge in [-0.05, 0) is 40.6 Å². The number of amides is 1. The number of hydrazine groups is 1. The monoisotopic (exact) mass is 426 g/mol. The summed E-state index contributed by atoms with van der Waals surface area (Å²) in [5, 5.41) is 3.05. The van der Waals surface area contributed by atoms with Crippen LogP contribution in [0.5, 0.6) is 0 Å². The van der Waals surface area contributed by atoms with Crippen molar-refractivity contribution in [3.8, 4) is 0 Å². The second-order valence-corrected chi connectivity index (χ2v) is 9.37. The van der Waals surface area contributed by atoms with Gasteiger partial charge in [0, 0.05) is 0 Å². The van der Waals surface area contributed by atoms with Crippen molar-refractivity contribution < 1.29 is 13.2 Å². The van der Waals surface area contributed by atoms with Gasteiger partial charge in [0.15, 0.2) is 4.32 Å². The van der Waals surface area contributed by atoms with Crippen molar-refractivity contribution in [2.45, 2.75) is 4.90 Å². The van der Waals surface area contributed by atoms with Crippen LogP contribution in [0.3, 0.4) is 0 Å². The maximum Gasteiger partial charge on any atom is 0.281 e. The fourth-order valence-electron chi connectivity index (χ4n) is 2.77. The molecule has 3 aromatic carbocycles. The first kappa shape index (κ1) is 18.8. The lowest BCUT2D eigenvalue weighted by Crippen LogP contribution is -2.44. The van der Waals surface area contributed by atoms with Crippen LogP contribution < -0.4 is 4.83 Å². The van der Waals surface area contributed by atoms with Crippen LogP contribution in [-0.2, 0) is 14.8 Å². The molecule has 1 N–H and O–H groups in total. The Kier molecular flexibility index (Phi) is 5.03. The minimum atomic E-state index is -3.91. The molecule has 5 nitrogen and oxygen atoms in total. The molecular weight excluding hydrogens is 412 g/mol. The summed E-state index contributed by atoms with van der Waals surface area (Å²) < 4.78 is 25.1. The van der Waals surface area contributed by atoms with E-state index in [1.807, 2.05) is 42.5 Å². The third-order valence-corrected chi connectivity index (χ3v) is 6.75. The number of rotatable bonds is 4. The highest BCUT2D eigenvalue weighted by molar-refractivity contribution is 8.26. The first-order valence-electron chi connectivity index (χ1n) is 8.28. The molecule has 0 bridgehead atoms. The Hall–Kier alpha value is -2.52. The first-order valence-corrected chi connectivity index (χ1v) is 11.0. The molecule has 1 aliphatic heterocycles. The zero-order chi connectivity index (χ0) is 19.7. The van der Waals surface area contributed by atoms with Crippen molar-refractivity contribution >= 4 is 61.1 Å². The molecule has 8 heteroatoms. The Morgan fingerprint density at radius 2 is 1.61 bits per heavy atom. The molecule has 1 heterocycles. The molecule has 0 radical (unpaired) electrons. The van der Waals surface area contributed by atoms with Crippen LogP contribution in [0.2, 0.25) is 0 Å². The number of nitrogens with zero attached hydrogens (tertiary/aromatic N) is 1. The summed E-state index contributed by atoms with van der Waals surface area (Å²) >= 11 is 6.27. The Bertz CT molecular complexity index is 1220. The second kappa shape index (κ2) is 7.48. The van der Waals surface area contributed by atoms with E-state index < -0.39 is 15.9 Å². The third-order valence-electron chi connectivity index (χ3n) is 4.13. The van der Waals surface area contributed by atoms with Crippen molar-refractivity contribution in [2.75, 3.05) is 0 Å². The number of benzene rings is 3. The van der Waals surface area contributed by atoms with Crippen LogP contribution in [0.1, 0.15) is 5.56 Å². The summed E-state index contributed by atoms with van der Waals surface area (Å²) in [7, 11) is -3.91. The largest absolute Gasteiger partial charge is 0.281 e. The normalized spacial score (nSPS) is 16.3. The van der Waals surface area contributed by atoms with Crippen molar-refractivity contribution in [2.24, 2.45) is 0 Å². The molecular formula is C20H14N2O3S3. The van der Waals surface area contributed by atoms with E-state index in [2.05, 4.69) is 4.83 Å². The lowest BCUT2D eigenvalue weighted by Gasteiger charge is -2.15. The van der Waals surface area contributed by atoms with Gasteiger partial charge in [-0.15, -0.1) is 4.83 Å². The van der Waals surface area contributed by atoms with Crippen molar-refractivity contribution in [3.63, 3.8) is 0 Å². The average Bonchev–Trinajstić information content (AvgIpc) is 2.95. The van der Waals surface area contributed by atoms with E-state index in [9.17, 15) is 13.2 Å². The Balaban J connectivity index is 1.60. The minimum absolute atomic E-state index is 0.0579. The van der Waals surface area contributed by atoms with Crippen LogP contribution in [-0.4, -0.2) is 23.7 Å². The Labute approximate surface area is 172 Å². The van der Waals surface area contributed by atoms with Gasteiger partial charge in [0.05, 0.1) is 9.80 Å². The summed E-state index contributed by atoms with van der Waals surface area (Å²) in [4.78, 5) is 15.4. The van der Waals surface area contributed by atoms with E-state index in [4.69, 9.17) is 12.2 Å². The maximum atomic E-state index is 12.7. The highest BCUT2D eigenvalue weighted by atomic mass is 32.2. The smallest absolute Gasteiger partial charge is 0.267 e. The molecule has 0 saturated carbocycles. The molecule has 1 fully saturated rings. The quantitative estimate of drug-likeness (QED) is 0.506. The number of thioether (sulfide) groups is 1. The van der Waals surface area contributed by atoms with Gasteiger partial charge in [0.1, 0.15) is 0 Å². The lowest BCUT2D eigenvalue weighted by molar-refractivity contribution is -0.123. The van der Waals surface area contributed by atoms with E-state index >= 15 is 0 Å². The van der Waals surface area contributed by atoms with Crippen molar-refractivity contribution in [3.05, 3.63) is 83.3 Å². The molecule has 0 spiro atoms. The summed E-state index contributed by atoms with van der Waals surface area (Å²) in [5.74, 6) is -0.498. The van der Waals surface area contributed by atoms with E-state index in [-0.39, 0.29) is 9.22 Å². The zero-order valence-electron chi connectivity index (χ0n) is 14.4. The van der Waals surface area contributed by atoms with Crippen LogP contribution in [0.15, 0.2) is 82.6 Å². The predicted octanol–water partition coefficient (Wildman–Crippen LogP) is 3.93. The van der Waals surface area contributed by atoms with Crippen LogP contribution >= 0.6 is 24.0 Å². The van der Waals surface area contributed by atoms with Crippen LogP contribution in [0.25, 0.3) is 16.8 Å². The summed E-state index contributed by atoms with van der Waals surface area (Å²) in [6, 6.07) is 21.6. The highest BCUT2D eigenvalue weighted by Crippen LogP contribution is 2.32. The fourth-order valence-corrected chi connectivity index (χ4v) is 5.10. The SMILES string of the molecule is O=C1C(=Cc2ccc3ccccc3c2)SC(=S)N1NS(=O)(=O)c1ccccc1. The highest BCUT2D eigenvalue weighted by Gasteiger charge is 2.35. The molecule has 140 valence electrons. The molecule has 3 aromatic rings. The van der Waals surface area contributed by atoms with Gasteiger partial charge < -0.3 is 0 Å². The Morgan fingerprint density at radius 1 is 0.929 bits per heavy atom. The molecule has 1 saturated heterocycles. The molecule has 0 unspecified atom stereocenters. The van der Waals surface area contributed by atoms with Gasteiger partial charge in [-0.2, -0.15) is 0 Å². The fraction of sp³-hybridized carbons (Fsp3) is 0. The number of nitrogens with one attached hydrogen (secondary N) is 1. The number of thiocarbonyl (C=S) groups is 1. The number of hydrogen-bond donors (Lipinski definition) is 1. The van der Waals surface area contributed by atoms with Gasteiger partial charge in [-0.25, -0.2) is 13.4 Å². The van der Waals surface area contributed by atoms with E-state index in [1.54, 1.807) is 24.3 Å². The summed E-state index contributed by atoms with van der Waals surface area (Å²) in [6.45, 7) is 0. The van der Waals surface area contributed by atoms with Gasteiger partial charge >= 0.3 is 0 Å².